The van der Waals surface area contributed by atoms with E-state index in [2.05, 4.69) is 16.7 Å². The maximum Gasteiger partial charge on any atom is 0.412 e. The number of nitrogens with one attached hydrogen (secondary N) is 2. The number of carbonyl (C=O) groups is 2. The number of hydrogen-bond acceptors (Lipinski definition) is 5. The molecule has 1 saturated heterocycles. The molecule has 0 aromatic heterocycles. The van der Waals surface area contributed by atoms with Crippen molar-refractivity contribution in [3.8, 4) is 11.8 Å². The molecule has 7 nitrogen and oxygen atoms in total. The van der Waals surface area contributed by atoms with Crippen LogP contribution in [0.15, 0.2) is 30.3 Å². The SMILES string of the molecule is Cl.N#CC1CCCN1C(=O)CNC1CC2CC(NC(=O)Oc3ccccc3)CC2C1. The van der Waals surface area contributed by atoms with Gasteiger partial charge < -0.3 is 20.3 Å². The average Bonchev–Trinajstić information content (AvgIpc) is 3.41. The molecule has 162 valence electrons. The first-order valence-corrected chi connectivity index (χ1v) is 10.6. The number of ether oxygens (including phenoxy) is 1. The van der Waals surface area contributed by atoms with E-state index in [0.717, 1.165) is 38.5 Å². The molecule has 1 heterocycles. The van der Waals surface area contributed by atoms with Gasteiger partial charge in [-0.25, -0.2) is 4.79 Å². The van der Waals surface area contributed by atoms with Crippen LogP contribution in [0.2, 0.25) is 0 Å². The molecule has 2 amide bonds. The summed E-state index contributed by atoms with van der Waals surface area (Å²) in [7, 11) is 0. The summed E-state index contributed by atoms with van der Waals surface area (Å²) in [5.74, 6) is 1.73. The Bertz CT molecular complexity index is 770. The van der Waals surface area contributed by atoms with Gasteiger partial charge in [0.05, 0.1) is 12.6 Å². The van der Waals surface area contributed by atoms with Crippen molar-refractivity contribution in [1.82, 2.24) is 15.5 Å². The van der Waals surface area contributed by atoms with Gasteiger partial charge in [0.25, 0.3) is 0 Å². The zero-order chi connectivity index (χ0) is 20.2. The number of para-hydroxylation sites is 1. The first-order valence-electron chi connectivity index (χ1n) is 10.6. The zero-order valence-electron chi connectivity index (χ0n) is 17.0. The molecule has 2 N–H and O–H groups in total. The fourth-order valence-corrected chi connectivity index (χ4v) is 5.23. The molecule has 1 aliphatic heterocycles. The van der Waals surface area contributed by atoms with E-state index in [1.807, 2.05) is 18.2 Å². The number of nitriles is 1. The first kappa shape index (κ1) is 22.4. The van der Waals surface area contributed by atoms with E-state index in [0.29, 0.717) is 36.7 Å². The summed E-state index contributed by atoms with van der Waals surface area (Å²) in [5.41, 5.74) is 0. The summed E-state index contributed by atoms with van der Waals surface area (Å²) >= 11 is 0. The Morgan fingerprint density at radius 2 is 1.77 bits per heavy atom. The van der Waals surface area contributed by atoms with Crippen LogP contribution in [0.5, 0.6) is 5.75 Å². The van der Waals surface area contributed by atoms with Crippen LogP contribution in [0.3, 0.4) is 0 Å². The minimum Gasteiger partial charge on any atom is -0.410 e. The molecule has 1 aromatic rings. The van der Waals surface area contributed by atoms with E-state index in [1.165, 1.54) is 0 Å². The van der Waals surface area contributed by atoms with Crippen LogP contribution in [0, 0.1) is 23.2 Å². The average molecular weight is 433 g/mol. The second-order valence-electron chi connectivity index (χ2n) is 8.46. The van der Waals surface area contributed by atoms with Gasteiger partial charge in [0, 0.05) is 18.6 Å². The van der Waals surface area contributed by atoms with Crippen LogP contribution in [0.1, 0.15) is 38.5 Å². The highest BCUT2D eigenvalue weighted by Gasteiger charge is 2.42. The van der Waals surface area contributed by atoms with Gasteiger partial charge in [-0.15, -0.1) is 12.4 Å². The minimum atomic E-state index is -0.390. The molecule has 0 spiro atoms. The lowest BCUT2D eigenvalue weighted by Gasteiger charge is -2.22. The lowest BCUT2D eigenvalue weighted by Crippen LogP contribution is -2.43. The highest BCUT2D eigenvalue weighted by Crippen LogP contribution is 2.44. The van der Waals surface area contributed by atoms with Gasteiger partial charge in [-0.1, -0.05) is 18.2 Å². The van der Waals surface area contributed by atoms with Crippen molar-refractivity contribution in [3.63, 3.8) is 0 Å². The highest BCUT2D eigenvalue weighted by atomic mass is 35.5. The summed E-state index contributed by atoms with van der Waals surface area (Å²) < 4.78 is 5.32. The Morgan fingerprint density at radius 3 is 2.43 bits per heavy atom. The second-order valence-corrected chi connectivity index (χ2v) is 8.46. The lowest BCUT2D eigenvalue weighted by molar-refractivity contribution is -0.130. The van der Waals surface area contributed by atoms with Crippen LogP contribution in [0.4, 0.5) is 4.79 Å². The minimum absolute atomic E-state index is 0. The van der Waals surface area contributed by atoms with Crippen LogP contribution in [-0.4, -0.2) is 48.1 Å². The maximum absolute atomic E-state index is 12.4. The molecule has 2 aliphatic carbocycles. The number of carbonyl (C=O) groups excluding carboxylic acids is 2. The van der Waals surface area contributed by atoms with Gasteiger partial charge in [-0.05, 0) is 62.5 Å². The van der Waals surface area contributed by atoms with Gasteiger partial charge in [-0.3, -0.25) is 4.79 Å². The third-order valence-corrected chi connectivity index (χ3v) is 6.56. The topological polar surface area (TPSA) is 94.5 Å². The summed E-state index contributed by atoms with van der Waals surface area (Å²) in [5, 5.41) is 15.5. The quantitative estimate of drug-likeness (QED) is 0.746. The van der Waals surface area contributed by atoms with Crippen molar-refractivity contribution >= 4 is 24.4 Å². The Hall–Kier alpha value is -2.30. The summed E-state index contributed by atoms with van der Waals surface area (Å²) in [6.07, 6.45) is 5.30. The fraction of sp³-hybridized carbons (Fsp3) is 0.591. The molecule has 3 aliphatic rings. The Kier molecular flexibility index (Phi) is 7.57. The van der Waals surface area contributed by atoms with Crippen LogP contribution in [-0.2, 0) is 4.79 Å². The van der Waals surface area contributed by atoms with E-state index in [-0.39, 0.29) is 36.5 Å². The van der Waals surface area contributed by atoms with Gasteiger partial charge in [0.1, 0.15) is 11.8 Å². The van der Waals surface area contributed by atoms with E-state index >= 15 is 0 Å². The van der Waals surface area contributed by atoms with E-state index in [9.17, 15) is 9.59 Å². The van der Waals surface area contributed by atoms with Crippen molar-refractivity contribution in [2.75, 3.05) is 13.1 Å². The van der Waals surface area contributed by atoms with Gasteiger partial charge in [0.2, 0.25) is 5.91 Å². The molecule has 2 saturated carbocycles. The maximum atomic E-state index is 12.4. The summed E-state index contributed by atoms with van der Waals surface area (Å²) in [6.45, 7) is 1.01. The molecule has 30 heavy (non-hydrogen) atoms. The van der Waals surface area contributed by atoms with Crippen molar-refractivity contribution in [2.24, 2.45) is 11.8 Å². The number of benzene rings is 1. The monoisotopic (exact) mass is 432 g/mol. The second kappa shape index (κ2) is 10.1. The number of fused-ring (bicyclic) bond motifs is 1. The third kappa shape index (κ3) is 5.24. The van der Waals surface area contributed by atoms with Crippen molar-refractivity contribution in [2.45, 2.75) is 56.7 Å². The normalized spacial score (nSPS) is 29.6. The zero-order valence-corrected chi connectivity index (χ0v) is 17.8. The summed E-state index contributed by atoms with van der Waals surface area (Å²) in [4.78, 5) is 26.2. The van der Waals surface area contributed by atoms with E-state index < -0.39 is 0 Å². The van der Waals surface area contributed by atoms with Crippen molar-refractivity contribution in [3.05, 3.63) is 30.3 Å². The van der Waals surface area contributed by atoms with E-state index in [4.69, 9.17) is 10.00 Å². The predicted octanol–water partition coefficient (Wildman–Crippen LogP) is 2.86. The summed E-state index contributed by atoms with van der Waals surface area (Å²) in [6, 6.07) is 11.6. The highest BCUT2D eigenvalue weighted by molar-refractivity contribution is 5.85. The molecule has 1 aromatic carbocycles. The number of rotatable bonds is 5. The number of amides is 2. The van der Waals surface area contributed by atoms with Gasteiger partial charge >= 0.3 is 6.09 Å². The smallest absolute Gasteiger partial charge is 0.410 e. The molecule has 3 fully saturated rings. The molecule has 3 unspecified atom stereocenters. The third-order valence-electron chi connectivity index (χ3n) is 6.56. The van der Waals surface area contributed by atoms with Crippen LogP contribution in [0.25, 0.3) is 0 Å². The lowest BCUT2D eigenvalue weighted by atomic mass is 10.0. The number of nitrogens with zero attached hydrogens (tertiary/aromatic N) is 2. The fourth-order valence-electron chi connectivity index (χ4n) is 5.23. The number of hydrogen-bond donors (Lipinski definition) is 2. The molecule has 0 bridgehead atoms. The molecule has 3 atom stereocenters. The predicted molar refractivity (Wildman–Crippen MR) is 114 cm³/mol. The molecular weight excluding hydrogens is 404 g/mol. The molecule has 4 rings (SSSR count). The van der Waals surface area contributed by atoms with E-state index in [1.54, 1.807) is 17.0 Å². The number of halogens is 1. The first-order chi connectivity index (χ1) is 14.1. The van der Waals surface area contributed by atoms with Crippen molar-refractivity contribution < 1.29 is 14.3 Å². The molecule has 8 heteroatoms. The Morgan fingerprint density at radius 1 is 1.10 bits per heavy atom. The largest absolute Gasteiger partial charge is 0.412 e. The van der Waals surface area contributed by atoms with Gasteiger partial charge in [-0.2, -0.15) is 5.26 Å². The van der Waals surface area contributed by atoms with Gasteiger partial charge in [0.15, 0.2) is 0 Å². The molecule has 0 radical (unpaired) electrons. The molecular formula is C22H29ClN4O3. The number of likely N-dealkylation sites (tertiary alicyclic amines) is 1. The van der Waals surface area contributed by atoms with Crippen LogP contribution < -0.4 is 15.4 Å². The Labute approximate surface area is 183 Å². The van der Waals surface area contributed by atoms with Crippen LogP contribution >= 0.6 is 12.4 Å². The Balaban J connectivity index is 0.00000256. The van der Waals surface area contributed by atoms with Crippen molar-refractivity contribution in [1.29, 1.82) is 5.26 Å². The standard InChI is InChI=1S/C22H28N4O3.ClH/c23-13-19-5-4-8-26(19)21(27)14-24-17-9-15-11-18(12-16(15)10-17)25-22(28)29-20-6-2-1-3-7-20;/h1-3,6-7,15-19,24H,4-5,8-12,14H2,(H,25,28);1H.